The summed E-state index contributed by atoms with van der Waals surface area (Å²) in [6, 6.07) is 10.3. The number of carbonyl (C=O) groups excluding carboxylic acids is 1. The molecule has 0 spiro atoms. The first-order valence-electron chi connectivity index (χ1n) is 11.8. The molecule has 9 heteroatoms. The summed E-state index contributed by atoms with van der Waals surface area (Å²) in [5.74, 6) is 0.283. The predicted octanol–water partition coefficient (Wildman–Crippen LogP) is 2.54. The van der Waals surface area contributed by atoms with Gasteiger partial charge in [0.2, 0.25) is 11.9 Å². The van der Waals surface area contributed by atoms with E-state index in [2.05, 4.69) is 15.5 Å². The third-order valence-electron chi connectivity index (χ3n) is 7.35. The molecule has 3 N–H and O–H groups in total. The number of rotatable bonds is 6. The molecule has 1 aromatic heterocycles. The molecule has 2 fully saturated rings. The molecule has 0 bridgehead atoms. The zero-order valence-corrected chi connectivity index (χ0v) is 20.2. The molecule has 2 heterocycles. The molecule has 9 nitrogen and oxygen atoms in total. The monoisotopic (exact) mass is 475 g/mol. The number of amides is 1. The summed E-state index contributed by atoms with van der Waals surface area (Å²) in [7, 11) is 3.40. The molecule has 2 aliphatic rings. The molecule has 0 radical (unpaired) electrons. The number of piperidine rings is 1. The van der Waals surface area contributed by atoms with Gasteiger partial charge in [0.05, 0.1) is 22.5 Å². The van der Waals surface area contributed by atoms with Gasteiger partial charge in [0.15, 0.2) is 0 Å². The Bertz CT molecular complexity index is 1400. The minimum atomic E-state index is -1.01. The summed E-state index contributed by atoms with van der Waals surface area (Å²) >= 11 is 0. The average molecular weight is 476 g/mol. The number of benzene rings is 2. The van der Waals surface area contributed by atoms with Gasteiger partial charge in [0.25, 0.3) is 5.56 Å². The van der Waals surface area contributed by atoms with Crippen molar-refractivity contribution in [3.8, 4) is 0 Å². The lowest BCUT2D eigenvalue weighted by atomic mass is 10.0. The van der Waals surface area contributed by atoms with E-state index in [0.717, 1.165) is 11.1 Å². The van der Waals surface area contributed by atoms with Gasteiger partial charge in [0.1, 0.15) is 0 Å². The first-order chi connectivity index (χ1) is 16.7. The Kier molecular flexibility index (Phi) is 5.50. The number of aryl methyl sites for hydroxylation is 1. The minimum absolute atomic E-state index is 0.0467. The van der Waals surface area contributed by atoms with Gasteiger partial charge in [-0.1, -0.05) is 18.2 Å². The van der Waals surface area contributed by atoms with Gasteiger partial charge in [-0.3, -0.25) is 14.2 Å². The zero-order valence-electron chi connectivity index (χ0n) is 20.2. The van der Waals surface area contributed by atoms with Gasteiger partial charge in [-0.2, -0.15) is 0 Å². The van der Waals surface area contributed by atoms with Gasteiger partial charge in [0, 0.05) is 44.4 Å². The lowest BCUT2D eigenvalue weighted by Crippen LogP contribution is -2.34. The normalized spacial score (nSPS) is 21.5. The minimum Gasteiger partial charge on any atom is -0.478 e. The van der Waals surface area contributed by atoms with Crippen molar-refractivity contribution in [2.75, 3.05) is 30.4 Å². The SMILES string of the molecule is CNC(=O)C1[C@H]2CN(c3nc4c(C(C)Nc5ccccc5C(=O)O)cc(C)cc4c(=O)n3C)C[C@@H]12. The van der Waals surface area contributed by atoms with Gasteiger partial charge in [-0.05, 0) is 49.4 Å². The van der Waals surface area contributed by atoms with Crippen LogP contribution in [-0.4, -0.2) is 46.7 Å². The van der Waals surface area contributed by atoms with E-state index in [9.17, 15) is 19.5 Å². The highest BCUT2D eigenvalue weighted by atomic mass is 16.4. The summed E-state index contributed by atoms with van der Waals surface area (Å²) < 4.78 is 1.59. The number of anilines is 2. The van der Waals surface area contributed by atoms with Crippen molar-refractivity contribution in [3.63, 3.8) is 0 Å². The lowest BCUT2D eigenvalue weighted by molar-refractivity contribution is -0.122. The Morgan fingerprint density at radius 2 is 1.86 bits per heavy atom. The summed E-state index contributed by atoms with van der Waals surface area (Å²) in [6.07, 6.45) is 0. The molecular weight excluding hydrogens is 446 g/mol. The van der Waals surface area contributed by atoms with Crippen LogP contribution in [0, 0.1) is 24.7 Å². The molecule has 2 aromatic carbocycles. The van der Waals surface area contributed by atoms with Gasteiger partial charge < -0.3 is 20.6 Å². The summed E-state index contributed by atoms with van der Waals surface area (Å²) in [5, 5.41) is 16.1. The van der Waals surface area contributed by atoms with Crippen molar-refractivity contribution in [1.29, 1.82) is 0 Å². The van der Waals surface area contributed by atoms with Crippen molar-refractivity contribution in [3.05, 3.63) is 63.4 Å². The van der Waals surface area contributed by atoms with E-state index in [0.29, 0.717) is 35.6 Å². The van der Waals surface area contributed by atoms with Gasteiger partial charge >= 0.3 is 5.97 Å². The molecule has 1 amide bonds. The summed E-state index contributed by atoms with van der Waals surface area (Å²) in [5.41, 5.74) is 2.91. The number of nitrogens with one attached hydrogen (secondary N) is 2. The van der Waals surface area contributed by atoms with Crippen LogP contribution >= 0.6 is 0 Å². The first-order valence-corrected chi connectivity index (χ1v) is 11.8. The number of carbonyl (C=O) groups is 2. The maximum Gasteiger partial charge on any atom is 0.337 e. The Balaban J connectivity index is 1.52. The molecule has 1 aliphatic carbocycles. The van der Waals surface area contributed by atoms with Crippen LogP contribution in [0.1, 0.15) is 34.5 Å². The highest BCUT2D eigenvalue weighted by Crippen LogP contribution is 2.52. The fraction of sp³-hybridized carbons (Fsp3) is 0.385. The van der Waals surface area contributed by atoms with Crippen LogP contribution in [0.5, 0.6) is 0 Å². The molecule has 3 aromatic rings. The van der Waals surface area contributed by atoms with Crippen LogP contribution in [0.15, 0.2) is 41.2 Å². The number of carboxylic acids is 1. The van der Waals surface area contributed by atoms with Crippen molar-refractivity contribution in [2.45, 2.75) is 19.9 Å². The van der Waals surface area contributed by atoms with Crippen molar-refractivity contribution in [2.24, 2.45) is 24.8 Å². The van der Waals surface area contributed by atoms with Crippen molar-refractivity contribution >= 4 is 34.4 Å². The fourth-order valence-electron chi connectivity index (χ4n) is 5.51. The molecule has 5 rings (SSSR count). The van der Waals surface area contributed by atoms with E-state index in [1.165, 1.54) is 0 Å². The highest BCUT2D eigenvalue weighted by Gasteiger charge is 2.59. The number of nitrogens with zero attached hydrogens (tertiary/aromatic N) is 3. The van der Waals surface area contributed by atoms with Gasteiger partial charge in [-0.15, -0.1) is 0 Å². The van der Waals surface area contributed by atoms with E-state index in [1.54, 1.807) is 42.9 Å². The van der Waals surface area contributed by atoms with E-state index < -0.39 is 5.97 Å². The Morgan fingerprint density at radius 1 is 1.17 bits per heavy atom. The van der Waals surface area contributed by atoms with Crippen LogP contribution in [0.4, 0.5) is 11.6 Å². The van der Waals surface area contributed by atoms with Crippen LogP contribution in [0.2, 0.25) is 0 Å². The third-order valence-corrected chi connectivity index (χ3v) is 7.35. The second-order valence-electron chi connectivity index (χ2n) is 9.62. The Hall–Kier alpha value is -3.88. The van der Waals surface area contributed by atoms with Crippen LogP contribution in [0.3, 0.4) is 0 Å². The number of para-hydroxylation sites is 1. The smallest absolute Gasteiger partial charge is 0.337 e. The van der Waals surface area contributed by atoms with E-state index in [-0.39, 0.29) is 40.8 Å². The van der Waals surface area contributed by atoms with E-state index in [4.69, 9.17) is 4.98 Å². The first kappa shape index (κ1) is 22.9. The number of fused-ring (bicyclic) bond motifs is 2. The highest BCUT2D eigenvalue weighted by molar-refractivity contribution is 5.94. The molecule has 1 aliphatic heterocycles. The van der Waals surface area contributed by atoms with Crippen LogP contribution in [-0.2, 0) is 11.8 Å². The lowest BCUT2D eigenvalue weighted by Gasteiger charge is -2.25. The molecular formula is C26H29N5O4. The summed E-state index contributed by atoms with van der Waals surface area (Å²) in [4.78, 5) is 44.1. The Morgan fingerprint density at radius 3 is 2.51 bits per heavy atom. The maximum atomic E-state index is 13.4. The molecule has 182 valence electrons. The predicted molar refractivity (Wildman–Crippen MR) is 134 cm³/mol. The summed E-state index contributed by atoms with van der Waals surface area (Å²) in [6.45, 7) is 5.25. The molecule has 2 unspecified atom stereocenters. The molecule has 1 saturated heterocycles. The molecule has 4 atom stereocenters. The number of hydrogen-bond donors (Lipinski definition) is 3. The number of aromatic nitrogens is 2. The third kappa shape index (κ3) is 3.80. The largest absolute Gasteiger partial charge is 0.478 e. The van der Waals surface area contributed by atoms with Crippen molar-refractivity contribution < 1.29 is 14.7 Å². The zero-order chi connectivity index (χ0) is 25.0. The molecule has 1 saturated carbocycles. The second-order valence-corrected chi connectivity index (χ2v) is 9.62. The Labute approximate surface area is 202 Å². The number of hydrogen-bond acceptors (Lipinski definition) is 6. The van der Waals surface area contributed by atoms with E-state index in [1.807, 2.05) is 26.0 Å². The van der Waals surface area contributed by atoms with Crippen molar-refractivity contribution in [1.82, 2.24) is 14.9 Å². The van der Waals surface area contributed by atoms with Gasteiger partial charge in [-0.25, -0.2) is 9.78 Å². The maximum absolute atomic E-state index is 13.4. The average Bonchev–Trinajstić information content (AvgIpc) is 3.34. The number of aromatic carboxylic acids is 1. The second kappa shape index (κ2) is 8.41. The standard InChI is InChI=1S/C26H29N5O4/c1-13-9-16(14(2)28-20-8-6-5-7-15(20)25(34)35)22-17(10-13)24(33)30(4)26(29-22)31-11-18-19(12-31)21(18)23(32)27-3/h5-10,14,18-19,21,28H,11-12H2,1-4H3,(H,27,32)(H,34,35)/t14?,18-,19+,21?. The van der Waals surface area contributed by atoms with Crippen LogP contribution in [0.25, 0.3) is 10.9 Å². The molecule has 35 heavy (non-hydrogen) atoms. The number of carboxylic acid groups (broad SMARTS) is 1. The fourth-order valence-corrected chi connectivity index (χ4v) is 5.51. The quantitative estimate of drug-likeness (QED) is 0.502. The topological polar surface area (TPSA) is 117 Å². The van der Waals surface area contributed by atoms with Crippen LogP contribution < -0.4 is 21.1 Å². The van der Waals surface area contributed by atoms with E-state index >= 15 is 0 Å².